The molecule has 1 saturated heterocycles. The zero-order chi connectivity index (χ0) is 20.9. The molecule has 1 aromatic carbocycles. The third-order valence-corrected chi connectivity index (χ3v) is 4.89. The molecular weight excluding hydrogens is 398 g/mol. The van der Waals surface area contributed by atoms with Gasteiger partial charge in [0.05, 0.1) is 0 Å². The van der Waals surface area contributed by atoms with Gasteiger partial charge in [-0.25, -0.2) is 27.5 Å². The molecule has 0 aliphatic carbocycles. The number of hydrogen-bond donors (Lipinski definition) is 3. The van der Waals surface area contributed by atoms with Crippen LogP contribution in [0, 0.1) is 11.6 Å². The molecule has 5 atom stereocenters. The summed E-state index contributed by atoms with van der Waals surface area (Å²) in [6.45, 7) is 0. The van der Waals surface area contributed by atoms with Crippen molar-refractivity contribution in [1.82, 2.24) is 14.5 Å². The zero-order valence-electron chi connectivity index (χ0n) is 14.5. The molecule has 11 heteroatoms. The lowest BCUT2D eigenvalue weighted by atomic mass is 9.99. The number of aliphatic hydroxyl groups excluding tert-OH is 3. The SMILES string of the molecule is O[C@@H]1[C@H](O)[C@@H]([C@H](O)c2ccc(F)c(F)c2)O[C@H]1n1ccc2c(C(F)F)ncnc21. The average molecular weight is 413 g/mol. The van der Waals surface area contributed by atoms with Crippen molar-refractivity contribution in [1.29, 1.82) is 0 Å². The Labute approximate surface area is 160 Å². The molecule has 3 heterocycles. The largest absolute Gasteiger partial charge is 0.387 e. The van der Waals surface area contributed by atoms with Crippen LogP contribution in [-0.2, 0) is 4.74 Å². The number of aliphatic hydroxyl groups is 3. The maximum Gasteiger partial charge on any atom is 0.281 e. The maximum absolute atomic E-state index is 13.5. The Morgan fingerprint density at radius 1 is 1.03 bits per heavy atom. The fourth-order valence-electron chi connectivity index (χ4n) is 3.43. The standard InChI is InChI=1S/C18H15F4N3O4/c19-9-2-1-7(5-10(9)20)12(26)15-13(27)14(28)18(29-15)25-4-3-8-11(16(21)22)23-6-24-17(8)25/h1-6,12-16,18,26-28H/t12-,13+,14-,15-,18-/m1/s1. The third kappa shape index (κ3) is 3.25. The fourth-order valence-corrected chi connectivity index (χ4v) is 3.43. The number of aromatic nitrogens is 3. The van der Waals surface area contributed by atoms with E-state index in [1.165, 1.54) is 16.8 Å². The van der Waals surface area contributed by atoms with E-state index in [9.17, 15) is 32.9 Å². The minimum absolute atomic E-state index is 0.0366. The molecule has 1 fully saturated rings. The molecule has 29 heavy (non-hydrogen) atoms. The number of ether oxygens (including phenoxy) is 1. The van der Waals surface area contributed by atoms with E-state index in [-0.39, 0.29) is 16.6 Å². The molecule has 1 aliphatic heterocycles. The second kappa shape index (κ2) is 7.34. The van der Waals surface area contributed by atoms with Gasteiger partial charge in [0.25, 0.3) is 6.43 Å². The van der Waals surface area contributed by atoms with E-state index in [1.807, 2.05) is 0 Å². The molecule has 7 nitrogen and oxygen atoms in total. The first-order valence-electron chi connectivity index (χ1n) is 8.53. The normalized spacial score (nSPS) is 25.8. The summed E-state index contributed by atoms with van der Waals surface area (Å²) in [5.41, 5.74) is -0.532. The van der Waals surface area contributed by atoms with E-state index in [2.05, 4.69) is 9.97 Å². The molecule has 154 valence electrons. The summed E-state index contributed by atoms with van der Waals surface area (Å²) in [6, 6.07) is 4.00. The van der Waals surface area contributed by atoms with E-state index in [0.717, 1.165) is 24.5 Å². The van der Waals surface area contributed by atoms with Crippen LogP contribution in [0.3, 0.4) is 0 Å². The van der Waals surface area contributed by atoms with E-state index >= 15 is 0 Å². The fraction of sp³-hybridized carbons (Fsp3) is 0.333. The van der Waals surface area contributed by atoms with Crippen molar-refractivity contribution < 1.29 is 37.6 Å². The van der Waals surface area contributed by atoms with Gasteiger partial charge >= 0.3 is 0 Å². The Morgan fingerprint density at radius 3 is 2.48 bits per heavy atom. The van der Waals surface area contributed by atoms with Crippen molar-refractivity contribution >= 4 is 11.0 Å². The monoisotopic (exact) mass is 413 g/mol. The molecule has 0 unspecified atom stereocenters. The van der Waals surface area contributed by atoms with Gasteiger partial charge in [-0.3, -0.25) is 0 Å². The maximum atomic E-state index is 13.5. The van der Waals surface area contributed by atoms with Gasteiger partial charge < -0.3 is 24.6 Å². The highest BCUT2D eigenvalue weighted by Gasteiger charge is 2.47. The second-order valence-corrected chi connectivity index (χ2v) is 6.61. The highest BCUT2D eigenvalue weighted by atomic mass is 19.3. The molecule has 0 spiro atoms. The van der Waals surface area contributed by atoms with Crippen molar-refractivity contribution in [3.8, 4) is 0 Å². The second-order valence-electron chi connectivity index (χ2n) is 6.61. The van der Waals surface area contributed by atoms with Gasteiger partial charge in [0.2, 0.25) is 0 Å². The Balaban J connectivity index is 1.66. The highest BCUT2D eigenvalue weighted by molar-refractivity contribution is 5.78. The first kappa shape index (κ1) is 19.7. The lowest BCUT2D eigenvalue weighted by Gasteiger charge is -2.21. The molecule has 2 aromatic heterocycles. The Bertz CT molecular complexity index is 1050. The van der Waals surface area contributed by atoms with Gasteiger partial charge in [-0.2, -0.15) is 0 Å². The van der Waals surface area contributed by atoms with Crippen LogP contribution in [0.2, 0.25) is 0 Å². The first-order chi connectivity index (χ1) is 13.8. The molecule has 3 N–H and O–H groups in total. The first-order valence-corrected chi connectivity index (χ1v) is 8.53. The number of fused-ring (bicyclic) bond motifs is 1. The van der Waals surface area contributed by atoms with E-state index in [4.69, 9.17) is 4.74 Å². The Hall–Kier alpha value is -2.60. The number of rotatable bonds is 4. The van der Waals surface area contributed by atoms with Crippen LogP contribution in [0.4, 0.5) is 17.6 Å². The van der Waals surface area contributed by atoms with Crippen molar-refractivity contribution in [2.75, 3.05) is 0 Å². The quantitative estimate of drug-likeness (QED) is 0.566. The van der Waals surface area contributed by atoms with Gasteiger partial charge in [-0.15, -0.1) is 0 Å². The van der Waals surface area contributed by atoms with Crippen LogP contribution < -0.4 is 0 Å². The Kier molecular flexibility index (Phi) is 4.99. The van der Waals surface area contributed by atoms with Gasteiger partial charge in [0, 0.05) is 11.6 Å². The summed E-state index contributed by atoms with van der Waals surface area (Å²) < 4.78 is 59.6. The zero-order valence-corrected chi connectivity index (χ0v) is 14.5. The summed E-state index contributed by atoms with van der Waals surface area (Å²) >= 11 is 0. The Morgan fingerprint density at radius 2 is 1.79 bits per heavy atom. The highest BCUT2D eigenvalue weighted by Crippen LogP contribution is 2.38. The van der Waals surface area contributed by atoms with Crippen molar-refractivity contribution in [2.45, 2.75) is 37.1 Å². The molecule has 0 saturated carbocycles. The summed E-state index contributed by atoms with van der Waals surface area (Å²) in [6.07, 6.45) is -7.99. The predicted molar refractivity (Wildman–Crippen MR) is 89.7 cm³/mol. The predicted octanol–water partition coefficient (Wildman–Crippen LogP) is 2.00. The van der Waals surface area contributed by atoms with Gasteiger partial charge in [-0.1, -0.05) is 6.07 Å². The minimum Gasteiger partial charge on any atom is -0.387 e. The van der Waals surface area contributed by atoms with Crippen LogP contribution >= 0.6 is 0 Å². The molecule has 3 aromatic rings. The third-order valence-electron chi connectivity index (χ3n) is 4.89. The summed E-state index contributed by atoms with van der Waals surface area (Å²) in [5.74, 6) is -2.31. The summed E-state index contributed by atoms with van der Waals surface area (Å²) in [4.78, 5) is 7.47. The van der Waals surface area contributed by atoms with Gasteiger partial charge in [-0.05, 0) is 23.8 Å². The summed E-state index contributed by atoms with van der Waals surface area (Å²) in [5, 5.41) is 31.2. The van der Waals surface area contributed by atoms with Crippen LogP contribution in [0.15, 0.2) is 36.8 Å². The minimum atomic E-state index is -2.85. The van der Waals surface area contributed by atoms with E-state index in [0.29, 0.717) is 0 Å². The van der Waals surface area contributed by atoms with Crippen LogP contribution in [0.5, 0.6) is 0 Å². The number of nitrogens with zero attached hydrogens (tertiary/aromatic N) is 3. The number of benzene rings is 1. The lowest BCUT2D eigenvalue weighted by molar-refractivity contribution is -0.0849. The molecular formula is C18H15F4N3O4. The number of hydrogen-bond acceptors (Lipinski definition) is 6. The van der Waals surface area contributed by atoms with Gasteiger partial charge in [0.15, 0.2) is 17.9 Å². The molecule has 0 bridgehead atoms. The molecule has 0 amide bonds. The lowest BCUT2D eigenvalue weighted by Crippen LogP contribution is -2.34. The topological polar surface area (TPSA) is 101 Å². The van der Waals surface area contributed by atoms with Crippen molar-refractivity contribution in [3.63, 3.8) is 0 Å². The van der Waals surface area contributed by atoms with E-state index < -0.39 is 54.4 Å². The van der Waals surface area contributed by atoms with Crippen LogP contribution in [0.25, 0.3) is 11.0 Å². The smallest absolute Gasteiger partial charge is 0.281 e. The van der Waals surface area contributed by atoms with Crippen LogP contribution in [0.1, 0.15) is 30.0 Å². The summed E-state index contributed by atoms with van der Waals surface area (Å²) in [7, 11) is 0. The van der Waals surface area contributed by atoms with E-state index in [1.54, 1.807) is 0 Å². The average Bonchev–Trinajstić information content (AvgIpc) is 3.25. The number of alkyl halides is 2. The van der Waals surface area contributed by atoms with Crippen LogP contribution in [-0.4, -0.2) is 48.2 Å². The molecule has 0 radical (unpaired) electrons. The molecule has 4 rings (SSSR count). The number of halogens is 4. The van der Waals surface area contributed by atoms with Gasteiger partial charge in [0.1, 0.15) is 42.1 Å². The molecule has 1 aliphatic rings. The van der Waals surface area contributed by atoms with Crippen molar-refractivity contribution in [2.24, 2.45) is 0 Å². The van der Waals surface area contributed by atoms with Crippen molar-refractivity contribution in [3.05, 3.63) is 59.7 Å².